The van der Waals surface area contributed by atoms with Crippen molar-refractivity contribution in [3.63, 3.8) is 0 Å². The normalized spacial score (nSPS) is 10.8. The fourth-order valence-corrected chi connectivity index (χ4v) is 1.41. The minimum atomic E-state index is 0.949. The summed E-state index contributed by atoms with van der Waals surface area (Å²) in [6.07, 6.45) is 0. The molecular weight excluding hydrogens is 144 g/mol. The van der Waals surface area contributed by atoms with Gasteiger partial charge in [0.1, 0.15) is 0 Å². The topological polar surface area (TPSA) is 16.1 Å². The van der Waals surface area contributed by atoms with Gasteiger partial charge >= 0.3 is 0 Å². The Labute approximate surface area is 65.5 Å². The SMILES string of the molecule is Cc1nc(CN(C)C)cs1. The molecule has 0 bridgehead atoms. The van der Waals surface area contributed by atoms with Crippen LogP contribution in [-0.4, -0.2) is 24.0 Å². The molecule has 1 rings (SSSR count). The number of nitrogens with zero attached hydrogens (tertiary/aromatic N) is 2. The molecule has 0 aliphatic carbocycles. The highest BCUT2D eigenvalue weighted by atomic mass is 32.1. The highest BCUT2D eigenvalue weighted by Crippen LogP contribution is 2.08. The summed E-state index contributed by atoms with van der Waals surface area (Å²) >= 11 is 1.71. The summed E-state index contributed by atoms with van der Waals surface area (Å²) in [5.74, 6) is 0. The first-order valence-electron chi connectivity index (χ1n) is 3.24. The van der Waals surface area contributed by atoms with Crippen molar-refractivity contribution in [2.24, 2.45) is 0 Å². The first kappa shape index (κ1) is 7.69. The number of rotatable bonds is 2. The predicted octanol–water partition coefficient (Wildman–Crippen LogP) is 1.51. The van der Waals surface area contributed by atoms with Crippen LogP contribution in [0.4, 0.5) is 0 Å². The Balaban J connectivity index is 2.58. The minimum absolute atomic E-state index is 0.949. The van der Waals surface area contributed by atoms with Crippen molar-refractivity contribution in [1.29, 1.82) is 0 Å². The maximum absolute atomic E-state index is 4.33. The van der Waals surface area contributed by atoms with E-state index in [0.29, 0.717) is 0 Å². The van der Waals surface area contributed by atoms with Crippen LogP contribution in [0.5, 0.6) is 0 Å². The van der Waals surface area contributed by atoms with Gasteiger partial charge in [-0.3, -0.25) is 0 Å². The van der Waals surface area contributed by atoms with Gasteiger partial charge in [0, 0.05) is 11.9 Å². The third-order valence-electron chi connectivity index (χ3n) is 1.14. The van der Waals surface area contributed by atoms with Gasteiger partial charge in [-0.25, -0.2) is 4.98 Å². The lowest BCUT2D eigenvalue weighted by Gasteiger charge is -2.04. The number of aromatic nitrogens is 1. The van der Waals surface area contributed by atoms with E-state index >= 15 is 0 Å². The third kappa shape index (κ3) is 2.08. The molecule has 0 N–H and O–H groups in total. The lowest BCUT2D eigenvalue weighted by Crippen LogP contribution is -2.10. The molecule has 0 amide bonds. The van der Waals surface area contributed by atoms with E-state index < -0.39 is 0 Å². The molecule has 3 heteroatoms. The molecule has 0 radical (unpaired) electrons. The highest BCUT2D eigenvalue weighted by Gasteiger charge is 1.97. The van der Waals surface area contributed by atoms with Crippen molar-refractivity contribution >= 4 is 11.3 Å². The van der Waals surface area contributed by atoms with Crippen molar-refractivity contribution in [1.82, 2.24) is 9.88 Å². The zero-order valence-electron chi connectivity index (χ0n) is 6.59. The second-order valence-electron chi connectivity index (χ2n) is 2.60. The number of aryl methyl sites for hydroxylation is 1. The van der Waals surface area contributed by atoms with E-state index in [0.717, 1.165) is 11.6 Å². The van der Waals surface area contributed by atoms with Crippen molar-refractivity contribution in [3.05, 3.63) is 16.1 Å². The van der Waals surface area contributed by atoms with Crippen LogP contribution in [0, 0.1) is 6.92 Å². The van der Waals surface area contributed by atoms with E-state index in [1.807, 2.05) is 6.92 Å². The van der Waals surface area contributed by atoms with Gasteiger partial charge in [-0.05, 0) is 21.0 Å². The number of thiazole rings is 1. The fourth-order valence-electron chi connectivity index (χ4n) is 0.805. The first-order valence-corrected chi connectivity index (χ1v) is 4.12. The molecule has 0 spiro atoms. The molecule has 0 atom stereocenters. The number of hydrogen-bond donors (Lipinski definition) is 0. The van der Waals surface area contributed by atoms with Gasteiger partial charge in [-0.15, -0.1) is 11.3 Å². The van der Waals surface area contributed by atoms with Crippen LogP contribution < -0.4 is 0 Å². The predicted molar refractivity (Wildman–Crippen MR) is 44.2 cm³/mol. The monoisotopic (exact) mass is 156 g/mol. The van der Waals surface area contributed by atoms with Crippen LogP contribution in [0.1, 0.15) is 10.7 Å². The molecule has 0 unspecified atom stereocenters. The molecule has 0 aromatic carbocycles. The Hall–Kier alpha value is -0.410. The second-order valence-corrected chi connectivity index (χ2v) is 3.66. The minimum Gasteiger partial charge on any atom is -0.304 e. The lowest BCUT2D eigenvalue weighted by atomic mass is 10.5. The van der Waals surface area contributed by atoms with Crippen molar-refractivity contribution in [3.8, 4) is 0 Å². The maximum Gasteiger partial charge on any atom is 0.0897 e. The molecule has 0 saturated carbocycles. The Morgan fingerprint density at radius 1 is 1.60 bits per heavy atom. The summed E-state index contributed by atoms with van der Waals surface area (Å²) in [7, 11) is 4.10. The molecule has 0 fully saturated rings. The maximum atomic E-state index is 4.33. The lowest BCUT2D eigenvalue weighted by molar-refractivity contribution is 0.397. The van der Waals surface area contributed by atoms with Crippen molar-refractivity contribution in [2.45, 2.75) is 13.5 Å². The molecule has 2 nitrogen and oxygen atoms in total. The zero-order valence-corrected chi connectivity index (χ0v) is 7.40. The molecule has 1 heterocycles. The van der Waals surface area contributed by atoms with Crippen LogP contribution in [0.2, 0.25) is 0 Å². The molecule has 56 valence electrons. The van der Waals surface area contributed by atoms with Crippen molar-refractivity contribution < 1.29 is 0 Å². The number of hydrogen-bond acceptors (Lipinski definition) is 3. The van der Waals surface area contributed by atoms with Crippen LogP contribution in [0.3, 0.4) is 0 Å². The quantitative estimate of drug-likeness (QED) is 0.645. The Bertz CT molecular complexity index is 205. The summed E-state index contributed by atoms with van der Waals surface area (Å²) in [5, 5.41) is 3.26. The summed E-state index contributed by atoms with van der Waals surface area (Å²) < 4.78 is 0. The van der Waals surface area contributed by atoms with Gasteiger partial charge in [0.25, 0.3) is 0 Å². The molecule has 1 aromatic rings. The molecule has 0 aliphatic rings. The summed E-state index contributed by atoms with van der Waals surface area (Å²) in [6, 6.07) is 0. The molecular formula is C7H12N2S. The van der Waals surface area contributed by atoms with E-state index in [2.05, 4.69) is 29.4 Å². The standard InChI is InChI=1S/C7H12N2S/c1-6-8-7(5-10-6)4-9(2)3/h5H,4H2,1-3H3. The van der Waals surface area contributed by atoms with Gasteiger partial charge in [0.2, 0.25) is 0 Å². The van der Waals surface area contributed by atoms with Crippen LogP contribution >= 0.6 is 11.3 Å². The Kier molecular flexibility index (Phi) is 2.40. The van der Waals surface area contributed by atoms with Gasteiger partial charge < -0.3 is 4.90 Å². The van der Waals surface area contributed by atoms with E-state index in [1.165, 1.54) is 5.69 Å². The third-order valence-corrected chi connectivity index (χ3v) is 1.97. The first-order chi connectivity index (χ1) is 4.68. The smallest absolute Gasteiger partial charge is 0.0897 e. The van der Waals surface area contributed by atoms with Crippen molar-refractivity contribution in [2.75, 3.05) is 14.1 Å². The van der Waals surface area contributed by atoms with Gasteiger partial charge in [-0.2, -0.15) is 0 Å². The van der Waals surface area contributed by atoms with Crippen LogP contribution in [0.15, 0.2) is 5.38 Å². The van der Waals surface area contributed by atoms with E-state index in [4.69, 9.17) is 0 Å². The molecule has 0 aliphatic heterocycles. The summed E-state index contributed by atoms with van der Waals surface area (Å²) in [4.78, 5) is 6.45. The molecule has 1 aromatic heterocycles. The summed E-state index contributed by atoms with van der Waals surface area (Å²) in [6.45, 7) is 2.98. The van der Waals surface area contributed by atoms with E-state index in [9.17, 15) is 0 Å². The Morgan fingerprint density at radius 2 is 2.30 bits per heavy atom. The largest absolute Gasteiger partial charge is 0.304 e. The van der Waals surface area contributed by atoms with E-state index in [-0.39, 0.29) is 0 Å². The molecule has 10 heavy (non-hydrogen) atoms. The second kappa shape index (κ2) is 3.12. The zero-order chi connectivity index (χ0) is 7.56. The average molecular weight is 156 g/mol. The van der Waals surface area contributed by atoms with Crippen LogP contribution in [0.25, 0.3) is 0 Å². The average Bonchev–Trinajstić information content (AvgIpc) is 2.13. The van der Waals surface area contributed by atoms with E-state index in [1.54, 1.807) is 11.3 Å². The Morgan fingerprint density at radius 3 is 2.70 bits per heavy atom. The van der Waals surface area contributed by atoms with Gasteiger partial charge in [-0.1, -0.05) is 0 Å². The summed E-state index contributed by atoms with van der Waals surface area (Å²) in [5.41, 5.74) is 1.17. The highest BCUT2D eigenvalue weighted by molar-refractivity contribution is 7.09. The van der Waals surface area contributed by atoms with Crippen LogP contribution in [-0.2, 0) is 6.54 Å². The van der Waals surface area contributed by atoms with Gasteiger partial charge in [0.05, 0.1) is 10.7 Å². The fraction of sp³-hybridized carbons (Fsp3) is 0.571. The van der Waals surface area contributed by atoms with Gasteiger partial charge in [0.15, 0.2) is 0 Å². The molecule has 0 saturated heterocycles.